The lowest BCUT2D eigenvalue weighted by atomic mass is 9.98. The van der Waals surface area contributed by atoms with Gasteiger partial charge in [-0.05, 0) is 6.07 Å². The first-order valence-electron chi connectivity index (χ1n) is 5.74. The van der Waals surface area contributed by atoms with E-state index in [1.807, 2.05) is 0 Å². The molecule has 1 aromatic heterocycles. The zero-order chi connectivity index (χ0) is 13.9. The molecule has 19 heavy (non-hydrogen) atoms. The summed E-state index contributed by atoms with van der Waals surface area (Å²) in [5, 5.41) is 0. The molecule has 0 bridgehead atoms. The molecule has 0 aromatic carbocycles. The Morgan fingerprint density at radius 1 is 1.47 bits per heavy atom. The van der Waals surface area contributed by atoms with Crippen molar-refractivity contribution in [3.63, 3.8) is 0 Å². The molecular weight excluding hydrogens is 263 g/mol. The molecule has 1 aromatic rings. The van der Waals surface area contributed by atoms with Gasteiger partial charge in [0.05, 0.1) is 12.3 Å². The predicted octanol–water partition coefficient (Wildman–Crippen LogP) is 2.28. The predicted molar refractivity (Wildman–Crippen MR) is 59.9 cm³/mol. The Kier molecular flexibility index (Phi) is 3.96. The second-order valence-corrected chi connectivity index (χ2v) is 4.28. The van der Waals surface area contributed by atoms with Gasteiger partial charge in [0.15, 0.2) is 6.61 Å². The first-order chi connectivity index (χ1) is 8.95. The zero-order valence-electron chi connectivity index (χ0n) is 10.4. The number of alkyl halides is 3. The molecule has 106 valence electrons. The molecule has 0 saturated carbocycles. The largest absolute Gasteiger partial charge is 0.484 e. The van der Waals surface area contributed by atoms with Crippen molar-refractivity contribution in [1.82, 2.24) is 4.98 Å². The van der Waals surface area contributed by atoms with Gasteiger partial charge in [-0.1, -0.05) is 0 Å². The fourth-order valence-corrected chi connectivity index (χ4v) is 1.93. The third-order valence-corrected chi connectivity index (χ3v) is 2.98. The van der Waals surface area contributed by atoms with E-state index in [4.69, 9.17) is 14.2 Å². The maximum atomic E-state index is 12.1. The summed E-state index contributed by atoms with van der Waals surface area (Å²) < 4.78 is 51.7. The van der Waals surface area contributed by atoms with Crippen molar-refractivity contribution in [2.24, 2.45) is 0 Å². The standard InChI is InChI=1S/C12H14F3NO3/c1-17-11(3-5-18-7-11)10-6-9(2-4-16-10)19-8-12(13,14)15/h2,4,6H,3,5,7-8H2,1H3. The van der Waals surface area contributed by atoms with E-state index in [-0.39, 0.29) is 5.75 Å². The maximum Gasteiger partial charge on any atom is 0.422 e. The highest BCUT2D eigenvalue weighted by atomic mass is 19.4. The normalized spacial score (nSPS) is 23.6. The van der Waals surface area contributed by atoms with Gasteiger partial charge in [0.2, 0.25) is 0 Å². The molecule has 2 rings (SSSR count). The third-order valence-electron chi connectivity index (χ3n) is 2.98. The average Bonchev–Trinajstić information content (AvgIpc) is 2.86. The number of nitrogens with zero attached hydrogens (tertiary/aromatic N) is 1. The van der Waals surface area contributed by atoms with Gasteiger partial charge in [0, 0.05) is 32.4 Å². The molecule has 2 heterocycles. The number of hydrogen-bond acceptors (Lipinski definition) is 4. The van der Waals surface area contributed by atoms with E-state index in [2.05, 4.69) is 4.98 Å². The summed E-state index contributed by atoms with van der Waals surface area (Å²) in [7, 11) is 1.53. The van der Waals surface area contributed by atoms with Crippen molar-refractivity contribution in [3.8, 4) is 5.75 Å². The number of aromatic nitrogens is 1. The fourth-order valence-electron chi connectivity index (χ4n) is 1.93. The molecule has 7 heteroatoms. The van der Waals surface area contributed by atoms with Crippen molar-refractivity contribution in [1.29, 1.82) is 0 Å². The Balaban J connectivity index is 2.14. The van der Waals surface area contributed by atoms with Crippen molar-refractivity contribution in [2.75, 3.05) is 26.9 Å². The van der Waals surface area contributed by atoms with Gasteiger partial charge < -0.3 is 14.2 Å². The summed E-state index contributed by atoms with van der Waals surface area (Å²) in [6, 6.07) is 2.85. The first-order valence-corrected chi connectivity index (χ1v) is 5.74. The number of ether oxygens (including phenoxy) is 3. The van der Waals surface area contributed by atoms with Gasteiger partial charge >= 0.3 is 6.18 Å². The van der Waals surface area contributed by atoms with Crippen molar-refractivity contribution >= 4 is 0 Å². The van der Waals surface area contributed by atoms with Crippen molar-refractivity contribution in [2.45, 2.75) is 18.2 Å². The second kappa shape index (κ2) is 5.34. The summed E-state index contributed by atoms with van der Waals surface area (Å²) in [6.45, 7) is -0.463. The molecule has 0 spiro atoms. The Morgan fingerprint density at radius 3 is 2.84 bits per heavy atom. The molecule has 1 saturated heterocycles. The van der Waals surface area contributed by atoms with E-state index in [9.17, 15) is 13.2 Å². The van der Waals surface area contributed by atoms with Crippen LogP contribution in [0, 0.1) is 0 Å². The summed E-state index contributed by atoms with van der Waals surface area (Å²) in [5.41, 5.74) is -0.176. The lowest BCUT2D eigenvalue weighted by Crippen LogP contribution is -2.30. The van der Waals surface area contributed by atoms with E-state index in [0.29, 0.717) is 25.3 Å². The molecule has 0 radical (unpaired) electrons. The van der Waals surface area contributed by atoms with Crippen LogP contribution < -0.4 is 4.74 Å². The SMILES string of the molecule is COC1(c2cc(OCC(F)(F)F)ccn2)CCOC1. The van der Waals surface area contributed by atoms with Gasteiger partial charge in [-0.3, -0.25) is 4.98 Å². The highest BCUT2D eigenvalue weighted by molar-refractivity contribution is 5.27. The van der Waals surface area contributed by atoms with Crippen LogP contribution in [0.3, 0.4) is 0 Å². The van der Waals surface area contributed by atoms with Crippen LogP contribution >= 0.6 is 0 Å². The van der Waals surface area contributed by atoms with Crippen LogP contribution in [0.2, 0.25) is 0 Å². The average molecular weight is 277 g/mol. The molecule has 1 unspecified atom stereocenters. The smallest absolute Gasteiger partial charge is 0.422 e. The van der Waals surface area contributed by atoms with E-state index in [0.717, 1.165) is 0 Å². The van der Waals surface area contributed by atoms with Crippen LogP contribution in [0.25, 0.3) is 0 Å². The second-order valence-electron chi connectivity index (χ2n) is 4.28. The van der Waals surface area contributed by atoms with Crippen LogP contribution in [-0.4, -0.2) is 38.1 Å². The first kappa shape index (κ1) is 14.1. The molecule has 1 fully saturated rings. The van der Waals surface area contributed by atoms with E-state index in [1.165, 1.54) is 25.4 Å². The number of hydrogen-bond donors (Lipinski definition) is 0. The minimum absolute atomic E-state index is 0.116. The lowest BCUT2D eigenvalue weighted by Gasteiger charge is -2.25. The quantitative estimate of drug-likeness (QED) is 0.846. The van der Waals surface area contributed by atoms with Crippen molar-refractivity contribution < 1.29 is 27.4 Å². The minimum Gasteiger partial charge on any atom is -0.484 e. The molecule has 0 aliphatic carbocycles. The topological polar surface area (TPSA) is 40.6 Å². The highest BCUT2D eigenvalue weighted by Gasteiger charge is 2.38. The van der Waals surface area contributed by atoms with Gasteiger partial charge in [0.1, 0.15) is 11.4 Å². The molecular formula is C12H14F3NO3. The summed E-state index contributed by atoms with van der Waals surface area (Å²) in [6.07, 6.45) is -2.35. The highest BCUT2D eigenvalue weighted by Crippen LogP contribution is 2.34. The minimum atomic E-state index is -4.36. The van der Waals surface area contributed by atoms with Crippen LogP contribution in [0.5, 0.6) is 5.75 Å². The Labute approximate surface area is 108 Å². The monoisotopic (exact) mass is 277 g/mol. The summed E-state index contributed by atoms with van der Waals surface area (Å²) >= 11 is 0. The van der Waals surface area contributed by atoms with Gasteiger partial charge in [-0.15, -0.1) is 0 Å². The maximum absolute atomic E-state index is 12.1. The van der Waals surface area contributed by atoms with E-state index >= 15 is 0 Å². The number of rotatable bonds is 4. The number of methoxy groups -OCH3 is 1. The van der Waals surface area contributed by atoms with Crippen LogP contribution in [0.1, 0.15) is 12.1 Å². The van der Waals surface area contributed by atoms with Crippen LogP contribution in [0.15, 0.2) is 18.3 Å². The summed E-state index contributed by atoms with van der Waals surface area (Å²) in [4.78, 5) is 4.14. The van der Waals surface area contributed by atoms with Gasteiger partial charge in [0.25, 0.3) is 0 Å². The molecule has 4 nitrogen and oxygen atoms in total. The third kappa shape index (κ3) is 3.36. The molecule has 1 aliphatic rings. The van der Waals surface area contributed by atoms with Gasteiger partial charge in [-0.25, -0.2) is 0 Å². The number of pyridine rings is 1. The molecule has 1 atom stereocenters. The van der Waals surface area contributed by atoms with E-state index in [1.54, 1.807) is 0 Å². The van der Waals surface area contributed by atoms with Crippen molar-refractivity contribution in [3.05, 3.63) is 24.0 Å². The molecule has 0 amide bonds. The lowest BCUT2D eigenvalue weighted by molar-refractivity contribution is -0.153. The summed E-state index contributed by atoms with van der Waals surface area (Å²) in [5.74, 6) is 0.116. The van der Waals surface area contributed by atoms with E-state index < -0.39 is 18.4 Å². The molecule has 0 N–H and O–H groups in total. The molecule has 1 aliphatic heterocycles. The zero-order valence-corrected chi connectivity index (χ0v) is 10.4. The number of halogens is 3. The van der Waals surface area contributed by atoms with Crippen LogP contribution in [0.4, 0.5) is 13.2 Å². The van der Waals surface area contributed by atoms with Crippen LogP contribution in [-0.2, 0) is 15.1 Å². The fraction of sp³-hybridized carbons (Fsp3) is 0.583. The van der Waals surface area contributed by atoms with Gasteiger partial charge in [-0.2, -0.15) is 13.2 Å². The Morgan fingerprint density at radius 2 is 2.26 bits per heavy atom. The Hall–Kier alpha value is -1.34. The Bertz CT molecular complexity index is 430.